The molecule has 0 aliphatic carbocycles. The van der Waals surface area contributed by atoms with Crippen LogP contribution in [0.1, 0.15) is 88.7 Å². The predicted molar refractivity (Wildman–Crippen MR) is 137 cm³/mol. The number of nitrogens with zero attached hydrogens (tertiary/aromatic N) is 1. The van der Waals surface area contributed by atoms with Gasteiger partial charge in [-0.3, -0.25) is 14.4 Å². The molecule has 1 aliphatic heterocycles. The number of unbranched alkanes of at least 4 members (excludes halogenated alkanes) is 9. The van der Waals surface area contributed by atoms with Crippen LogP contribution in [0.5, 0.6) is 5.75 Å². The molecule has 1 saturated heterocycles. The van der Waals surface area contributed by atoms with Gasteiger partial charge in [0.05, 0.1) is 13.0 Å². The van der Waals surface area contributed by atoms with Crippen molar-refractivity contribution in [2.75, 3.05) is 26.3 Å². The summed E-state index contributed by atoms with van der Waals surface area (Å²) in [5, 5.41) is 2.74. The van der Waals surface area contributed by atoms with Gasteiger partial charge in [0.1, 0.15) is 11.8 Å². The minimum absolute atomic E-state index is 0.140. The Morgan fingerprint density at radius 2 is 1.66 bits per heavy atom. The summed E-state index contributed by atoms with van der Waals surface area (Å²) in [7, 11) is 0. The van der Waals surface area contributed by atoms with Crippen LogP contribution in [-0.2, 0) is 19.1 Å². The third-order valence-corrected chi connectivity index (χ3v) is 6.45. The quantitative estimate of drug-likeness (QED) is 0.265. The molecule has 7 nitrogen and oxygen atoms in total. The summed E-state index contributed by atoms with van der Waals surface area (Å²) in [6.07, 6.45) is 12.0. The maximum Gasteiger partial charge on any atom is 0.308 e. The van der Waals surface area contributed by atoms with Crippen molar-refractivity contribution in [3.05, 3.63) is 29.3 Å². The van der Waals surface area contributed by atoms with Crippen molar-refractivity contribution in [2.45, 2.75) is 97.4 Å². The Kier molecular flexibility index (Phi) is 13.2. The number of rotatable bonds is 16. The van der Waals surface area contributed by atoms with Crippen LogP contribution >= 0.6 is 0 Å². The number of amides is 2. The smallest absolute Gasteiger partial charge is 0.308 e. The molecule has 1 aromatic carbocycles. The van der Waals surface area contributed by atoms with Crippen molar-refractivity contribution >= 4 is 17.8 Å². The zero-order valence-corrected chi connectivity index (χ0v) is 21.9. The molecular formula is C28H44N2O5. The highest BCUT2D eigenvalue weighted by atomic mass is 16.5. The Bertz CT molecular complexity index is 811. The van der Waals surface area contributed by atoms with Gasteiger partial charge in [0.15, 0.2) is 6.61 Å². The van der Waals surface area contributed by atoms with Crippen molar-refractivity contribution in [3.8, 4) is 5.75 Å². The van der Waals surface area contributed by atoms with E-state index in [2.05, 4.69) is 12.2 Å². The number of aryl methyl sites for hydroxylation is 2. The van der Waals surface area contributed by atoms with E-state index >= 15 is 0 Å². The summed E-state index contributed by atoms with van der Waals surface area (Å²) in [6, 6.07) is 4.89. The van der Waals surface area contributed by atoms with Crippen LogP contribution in [0.3, 0.4) is 0 Å². The highest BCUT2D eigenvalue weighted by molar-refractivity contribution is 5.92. The second-order valence-electron chi connectivity index (χ2n) is 9.56. The summed E-state index contributed by atoms with van der Waals surface area (Å²) in [5.74, 6) is -0.451. The highest BCUT2D eigenvalue weighted by Crippen LogP contribution is 2.19. The van der Waals surface area contributed by atoms with E-state index in [1.807, 2.05) is 32.0 Å². The van der Waals surface area contributed by atoms with Gasteiger partial charge in [-0.25, -0.2) is 0 Å². The van der Waals surface area contributed by atoms with E-state index in [4.69, 9.17) is 9.47 Å². The van der Waals surface area contributed by atoms with Crippen LogP contribution in [0.4, 0.5) is 0 Å². The Balaban J connectivity index is 1.68. The summed E-state index contributed by atoms with van der Waals surface area (Å²) in [6.45, 7) is 7.03. The average Bonchev–Trinajstić information content (AvgIpc) is 2.83. The number of esters is 1. The first-order valence-electron chi connectivity index (χ1n) is 13.3. The lowest BCUT2D eigenvalue weighted by atomic mass is 10.1. The summed E-state index contributed by atoms with van der Waals surface area (Å²) in [4.78, 5) is 39.0. The number of benzene rings is 1. The number of nitrogens with one attached hydrogen (secondary N) is 1. The Labute approximate surface area is 210 Å². The lowest BCUT2D eigenvalue weighted by Crippen LogP contribution is -2.58. The van der Waals surface area contributed by atoms with Gasteiger partial charge in [-0.1, -0.05) is 82.4 Å². The number of ether oxygens (including phenoxy) is 2. The first-order chi connectivity index (χ1) is 16.9. The summed E-state index contributed by atoms with van der Waals surface area (Å²) >= 11 is 0. The lowest BCUT2D eigenvalue weighted by Gasteiger charge is -2.34. The number of piperazine rings is 1. The van der Waals surface area contributed by atoms with Crippen molar-refractivity contribution in [2.24, 2.45) is 0 Å². The predicted octanol–water partition coefficient (Wildman–Crippen LogP) is 4.86. The topological polar surface area (TPSA) is 84.9 Å². The standard InChI is InChI=1S/C28H44N2O5/c1-4-5-6-7-8-9-10-11-12-13-18-34-27(32)20-24-28(33)29-16-17-30(24)26(31)21-35-25-15-14-22(2)19-23(25)3/h14-15,19,24H,4-13,16-18,20-21H2,1-3H3,(H,29,33). The summed E-state index contributed by atoms with van der Waals surface area (Å²) < 4.78 is 11.1. The third kappa shape index (κ3) is 10.7. The maximum atomic E-state index is 12.8. The fourth-order valence-corrected chi connectivity index (χ4v) is 4.39. The molecule has 35 heavy (non-hydrogen) atoms. The number of carbonyl (C=O) groups excluding carboxylic acids is 3. The van der Waals surface area contributed by atoms with E-state index in [1.165, 1.54) is 49.8 Å². The van der Waals surface area contributed by atoms with E-state index in [9.17, 15) is 14.4 Å². The fraction of sp³-hybridized carbons (Fsp3) is 0.679. The molecule has 1 aliphatic rings. The Morgan fingerprint density at radius 3 is 2.31 bits per heavy atom. The number of hydrogen-bond donors (Lipinski definition) is 1. The number of hydrogen-bond acceptors (Lipinski definition) is 5. The molecule has 1 atom stereocenters. The van der Waals surface area contributed by atoms with Gasteiger partial charge in [0, 0.05) is 13.1 Å². The van der Waals surface area contributed by atoms with Crippen LogP contribution in [0.15, 0.2) is 18.2 Å². The van der Waals surface area contributed by atoms with Crippen molar-refractivity contribution < 1.29 is 23.9 Å². The molecule has 7 heteroatoms. The van der Waals surface area contributed by atoms with E-state index < -0.39 is 12.0 Å². The second kappa shape index (κ2) is 16.2. The van der Waals surface area contributed by atoms with Gasteiger partial charge in [-0.15, -0.1) is 0 Å². The van der Waals surface area contributed by atoms with E-state index in [0.29, 0.717) is 25.4 Å². The average molecular weight is 489 g/mol. The molecule has 2 amide bonds. The Morgan fingerprint density at radius 1 is 1.00 bits per heavy atom. The van der Waals surface area contributed by atoms with Crippen molar-refractivity contribution in [1.29, 1.82) is 0 Å². The van der Waals surface area contributed by atoms with Crippen molar-refractivity contribution in [3.63, 3.8) is 0 Å². The zero-order valence-electron chi connectivity index (χ0n) is 21.9. The molecular weight excluding hydrogens is 444 g/mol. The molecule has 196 valence electrons. The molecule has 1 aromatic rings. The molecule has 0 radical (unpaired) electrons. The van der Waals surface area contributed by atoms with Crippen molar-refractivity contribution in [1.82, 2.24) is 10.2 Å². The molecule has 1 N–H and O–H groups in total. The minimum Gasteiger partial charge on any atom is -0.483 e. The maximum absolute atomic E-state index is 12.8. The largest absolute Gasteiger partial charge is 0.483 e. The van der Waals surface area contributed by atoms with Gasteiger partial charge in [0.2, 0.25) is 5.91 Å². The van der Waals surface area contributed by atoms with E-state index in [-0.39, 0.29) is 24.8 Å². The van der Waals surface area contributed by atoms with Crippen LogP contribution in [0.2, 0.25) is 0 Å². The summed E-state index contributed by atoms with van der Waals surface area (Å²) in [5.41, 5.74) is 2.06. The normalized spacial score (nSPS) is 15.6. The van der Waals surface area contributed by atoms with Crippen LogP contribution in [0.25, 0.3) is 0 Å². The van der Waals surface area contributed by atoms with Crippen LogP contribution in [0, 0.1) is 13.8 Å². The third-order valence-electron chi connectivity index (χ3n) is 6.45. The zero-order chi connectivity index (χ0) is 25.5. The van der Waals surface area contributed by atoms with Gasteiger partial charge in [-0.2, -0.15) is 0 Å². The SMILES string of the molecule is CCCCCCCCCCCCOC(=O)CC1C(=O)NCCN1C(=O)COc1ccc(C)cc1C. The van der Waals surface area contributed by atoms with Crippen LogP contribution in [-0.4, -0.2) is 55.0 Å². The van der Waals surface area contributed by atoms with E-state index in [1.54, 1.807) is 0 Å². The molecule has 0 saturated carbocycles. The molecule has 1 unspecified atom stereocenters. The van der Waals surface area contributed by atoms with E-state index in [0.717, 1.165) is 30.4 Å². The molecule has 0 spiro atoms. The first kappa shape index (κ1) is 28.7. The monoisotopic (exact) mass is 488 g/mol. The minimum atomic E-state index is -0.862. The first-order valence-corrected chi connectivity index (χ1v) is 13.3. The molecule has 2 rings (SSSR count). The molecule has 0 aromatic heterocycles. The Hall–Kier alpha value is -2.57. The highest BCUT2D eigenvalue weighted by Gasteiger charge is 2.35. The lowest BCUT2D eigenvalue weighted by molar-refractivity contribution is -0.152. The molecule has 1 fully saturated rings. The fourth-order valence-electron chi connectivity index (χ4n) is 4.39. The molecule has 1 heterocycles. The second-order valence-corrected chi connectivity index (χ2v) is 9.56. The van der Waals surface area contributed by atoms with Crippen LogP contribution < -0.4 is 10.1 Å². The number of carbonyl (C=O) groups is 3. The van der Waals surface area contributed by atoms with Gasteiger partial charge in [-0.05, 0) is 31.9 Å². The van der Waals surface area contributed by atoms with Gasteiger partial charge < -0.3 is 19.7 Å². The van der Waals surface area contributed by atoms with Gasteiger partial charge >= 0.3 is 5.97 Å². The molecule has 0 bridgehead atoms. The van der Waals surface area contributed by atoms with Gasteiger partial charge in [0.25, 0.3) is 5.91 Å².